The standard InChI is InChI=1S/C22H18F2N2O/c1-4-15-17(23)6-5-13-9-14(27)10-16(20(13)15)22-21(24)11(2)19-12(3)25-8-7-18(19)26-22/h4-6,9-10,25,27H,1,3,7-8H2,2H3. The third-order valence-corrected chi connectivity index (χ3v) is 5.00. The number of hydrogen-bond donors (Lipinski definition) is 2. The predicted molar refractivity (Wildman–Crippen MR) is 104 cm³/mol. The Morgan fingerprint density at radius 3 is 2.78 bits per heavy atom. The highest BCUT2D eigenvalue weighted by atomic mass is 19.1. The second-order valence-electron chi connectivity index (χ2n) is 6.63. The Hall–Kier alpha value is -3.21. The summed E-state index contributed by atoms with van der Waals surface area (Å²) < 4.78 is 29.7. The number of pyridine rings is 1. The van der Waals surface area contributed by atoms with E-state index in [0.29, 0.717) is 46.1 Å². The Balaban J connectivity index is 2.12. The lowest BCUT2D eigenvalue weighted by atomic mass is 9.92. The molecule has 0 fully saturated rings. The van der Waals surface area contributed by atoms with Crippen LogP contribution >= 0.6 is 0 Å². The van der Waals surface area contributed by atoms with Gasteiger partial charge in [-0.05, 0) is 36.1 Å². The molecule has 27 heavy (non-hydrogen) atoms. The predicted octanol–water partition coefficient (Wildman–Crippen LogP) is 4.95. The van der Waals surface area contributed by atoms with E-state index in [0.717, 1.165) is 5.69 Å². The SMILES string of the molecule is C=Cc1c(F)ccc2cc(O)cc(-c3nc4c(c(C)c3F)C(=C)NCC4)c12. The first-order chi connectivity index (χ1) is 12.9. The van der Waals surface area contributed by atoms with Crippen molar-refractivity contribution in [2.75, 3.05) is 6.54 Å². The number of phenolic OH excluding ortho intramolecular Hbond substituents is 1. The fraction of sp³-hybridized carbons (Fsp3) is 0.136. The Kier molecular flexibility index (Phi) is 3.95. The van der Waals surface area contributed by atoms with Crippen LogP contribution in [-0.2, 0) is 6.42 Å². The first-order valence-corrected chi connectivity index (χ1v) is 8.62. The van der Waals surface area contributed by atoms with Crippen LogP contribution < -0.4 is 5.32 Å². The van der Waals surface area contributed by atoms with E-state index in [4.69, 9.17) is 0 Å². The van der Waals surface area contributed by atoms with Crippen molar-refractivity contribution in [3.63, 3.8) is 0 Å². The second kappa shape index (κ2) is 6.20. The molecule has 136 valence electrons. The van der Waals surface area contributed by atoms with Crippen molar-refractivity contribution in [1.82, 2.24) is 10.3 Å². The molecule has 3 nitrogen and oxygen atoms in total. The van der Waals surface area contributed by atoms with Gasteiger partial charge in [0.15, 0.2) is 5.82 Å². The zero-order valence-corrected chi connectivity index (χ0v) is 14.9. The number of aromatic nitrogens is 1. The topological polar surface area (TPSA) is 45.2 Å². The highest BCUT2D eigenvalue weighted by Crippen LogP contribution is 2.39. The van der Waals surface area contributed by atoms with Gasteiger partial charge in [0.05, 0.1) is 5.69 Å². The van der Waals surface area contributed by atoms with Crippen LogP contribution in [0.5, 0.6) is 5.75 Å². The molecule has 3 aromatic rings. The summed E-state index contributed by atoms with van der Waals surface area (Å²) in [6.07, 6.45) is 2.02. The maximum absolute atomic E-state index is 15.3. The van der Waals surface area contributed by atoms with E-state index in [1.54, 1.807) is 13.0 Å². The van der Waals surface area contributed by atoms with Crippen molar-refractivity contribution in [2.45, 2.75) is 13.3 Å². The summed E-state index contributed by atoms with van der Waals surface area (Å²) in [5, 5.41) is 14.3. The molecule has 0 saturated heterocycles. The summed E-state index contributed by atoms with van der Waals surface area (Å²) >= 11 is 0. The van der Waals surface area contributed by atoms with Gasteiger partial charge in [-0.1, -0.05) is 25.3 Å². The minimum atomic E-state index is -0.509. The van der Waals surface area contributed by atoms with Crippen molar-refractivity contribution in [3.8, 4) is 17.0 Å². The summed E-state index contributed by atoms with van der Waals surface area (Å²) in [5.74, 6) is -1.01. The van der Waals surface area contributed by atoms with Gasteiger partial charge in [0, 0.05) is 40.7 Å². The summed E-state index contributed by atoms with van der Waals surface area (Å²) in [4.78, 5) is 4.55. The average Bonchev–Trinajstić information content (AvgIpc) is 2.64. The largest absolute Gasteiger partial charge is 0.508 e. The van der Waals surface area contributed by atoms with Gasteiger partial charge in [0.1, 0.15) is 17.3 Å². The van der Waals surface area contributed by atoms with Crippen molar-refractivity contribution in [2.24, 2.45) is 0 Å². The van der Waals surface area contributed by atoms with Crippen LogP contribution in [0.3, 0.4) is 0 Å². The maximum atomic E-state index is 15.3. The van der Waals surface area contributed by atoms with E-state index in [9.17, 15) is 9.50 Å². The fourth-order valence-electron chi connectivity index (χ4n) is 3.76. The molecule has 4 rings (SSSR count). The van der Waals surface area contributed by atoms with Gasteiger partial charge in [-0.15, -0.1) is 0 Å². The molecule has 0 spiro atoms. The molecule has 2 heterocycles. The van der Waals surface area contributed by atoms with Crippen molar-refractivity contribution in [1.29, 1.82) is 0 Å². The number of benzene rings is 2. The molecule has 1 aliphatic rings. The van der Waals surface area contributed by atoms with Gasteiger partial charge in [-0.2, -0.15) is 0 Å². The first kappa shape index (κ1) is 17.2. The molecular weight excluding hydrogens is 346 g/mol. The van der Waals surface area contributed by atoms with E-state index in [-0.39, 0.29) is 17.0 Å². The second-order valence-corrected chi connectivity index (χ2v) is 6.63. The van der Waals surface area contributed by atoms with Gasteiger partial charge in [-0.25, -0.2) is 13.8 Å². The van der Waals surface area contributed by atoms with Crippen molar-refractivity contribution in [3.05, 3.63) is 71.4 Å². The lowest BCUT2D eigenvalue weighted by Crippen LogP contribution is -2.24. The summed E-state index contributed by atoms with van der Waals surface area (Å²) in [5.41, 5.74) is 3.18. The molecule has 2 aromatic carbocycles. The minimum Gasteiger partial charge on any atom is -0.508 e. The first-order valence-electron chi connectivity index (χ1n) is 8.62. The monoisotopic (exact) mass is 364 g/mol. The zero-order chi connectivity index (χ0) is 19.3. The number of aromatic hydroxyl groups is 1. The quantitative estimate of drug-likeness (QED) is 0.676. The normalized spacial score (nSPS) is 13.4. The van der Waals surface area contributed by atoms with E-state index < -0.39 is 11.6 Å². The number of nitrogens with zero attached hydrogens (tertiary/aromatic N) is 1. The molecular formula is C22H18F2N2O. The van der Waals surface area contributed by atoms with Crippen LogP contribution in [0.25, 0.3) is 33.8 Å². The van der Waals surface area contributed by atoms with Crippen LogP contribution in [0.15, 0.2) is 37.4 Å². The molecule has 0 aliphatic carbocycles. The van der Waals surface area contributed by atoms with Crippen LogP contribution in [-0.4, -0.2) is 16.6 Å². The molecule has 0 saturated carbocycles. The van der Waals surface area contributed by atoms with E-state index in [1.165, 1.54) is 24.3 Å². The van der Waals surface area contributed by atoms with Crippen LogP contribution in [0.2, 0.25) is 0 Å². The minimum absolute atomic E-state index is 0.0400. The van der Waals surface area contributed by atoms with Crippen LogP contribution in [0, 0.1) is 18.6 Å². The summed E-state index contributed by atoms with van der Waals surface area (Å²) in [7, 11) is 0. The Bertz CT molecular complexity index is 1140. The number of fused-ring (bicyclic) bond motifs is 2. The zero-order valence-electron chi connectivity index (χ0n) is 14.9. The molecule has 1 aliphatic heterocycles. The number of rotatable bonds is 2. The lowest BCUT2D eigenvalue weighted by Gasteiger charge is -2.23. The highest BCUT2D eigenvalue weighted by Gasteiger charge is 2.24. The summed E-state index contributed by atoms with van der Waals surface area (Å²) in [6.45, 7) is 9.97. The van der Waals surface area contributed by atoms with Gasteiger partial charge in [0.2, 0.25) is 0 Å². The molecule has 2 N–H and O–H groups in total. The van der Waals surface area contributed by atoms with Crippen LogP contribution in [0.4, 0.5) is 8.78 Å². The van der Waals surface area contributed by atoms with Gasteiger partial charge in [-0.3, -0.25) is 0 Å². The van der Waals surface area contributed by atoms with Gasteiger partial charge in [0.25, 0.3) is 0 Å². The van der Waals surface area contributed by atoms with E-state index in [1.807, 2.05) is 0 Å². The Labute approximate surface area is 155 Å². The maximum Gasteiger partial charge on any atom is 0.153 e. The number of phenols is 1. The molecule has 0 bridgehead atoms. The fourth-order valence-corrected chi connectivity index (χ4v) is 3.76. The molecule has 1 aromatic heterocycles. The Morgan fingerprint density at radius 1 is 1.26 bits per heavy atom. The molecule has 0 radical (unpaired) electrons. The molecule has 5 heteroatoms. The van der Waals surface area contributed by atoms with Gasteiger partial charge >= 0.3 is 0 Å². The Morgan fingerprint density at radius 2 is 2.04 bits per heavy atom. The number of nitrogens with one attached hydrogen (secondary N) is 1. The van der Waals surface area contributed by atoms with Crippen molar-refractivity contribution >= 4 is 22.5 Å². The number of halogens is 2. The summed E-state index contributed by atoms with van der Waals surface area (Å²) in [6, 6.07) is 5.79. The third-order valence-electron chi connectivity index (χ3n) is 5.00. The molecule has 0 unspecified atom stereocenters. The molecule has 0 atom stereocenters. The van der Waals surface area contributed by atoms with Crippen LogP contribution in [0.1, 0.15) is 22.4 Å². The average molecular weight is 364 g/mol. The van der Waals surface area contributed by atoms with E-state index >= 15 is 4.39 Å². The smallest absolute Gasteiger partial charge is 0.153 e. The van der Waals surface area contributed by atoms with Gasteiger partial charge < -0.3 is 10.4 Å². The van der Waals surface area contributed by atoms with E-state index in [2.05, 4.69) is 23.5 Å². The van der Waals surface area contributed by atoms with Crippen molar-refractivity contribution < 1.29 is 13.9 Å². The lowest BCUT2D eigenvalue weighted by molar-refractivity contribution is 0.476. The molecule has 0 amide bonds. The number of hydrogen-bond acceptors (Lipinski definition) is 3. The third kappa shape index (κ3) is 2.58. The highest BCUT2D eigenvalue weighted by molar-refractivity contribution is 6.02.